The summed E-state index contributed by atoms with van der Waals surface area (Å²) in [5.41, 5.74) is 0.808. The molecule has 0 bridgehead atoms. The van der Waals surface area contributed by atoms with Gasteiger partial charge in [0.2, 0.25) is 5.88 Å². The van der Waals surface area contributed by atoms with E-state index in [4.69, 9.17) is 9.84 Å². The van der Waals surface area contributed by atoms with Crippen LogP contribution in [-0.2, 0) is 6.61 Å². The zero-order valence-electron chi connectivity index (χ0n) is 8.82. The number of nitrogens with zero attached hydrogens (tertiary/aromatic N) is 2. The van der Waals surface area contributed by atoms with Gasteiger partial charge in [-0.15, -0.1) is 0 Å². The third-order valence-corrected chi connectivity index (χ3v) is 1.58. The third-order valence-electron chi connectivity index (χ3n) is 1.58. The molecule has 4 nitrogen and oxygen atoms in total. The first-order valence-electron chi connectivity index (χ1n) is 4.70. The first-order chi connectivity index (χ1) is 6.61. The first-order valence-corrected chi connectivity index (χ1v) is 4.70. The summed E-state index contributed by atoms with van der Waals surface area (Å²) in [6.07, 6.45) is 0. The summed E-state index contributed by atoms with van der Waals surface area (Å²) in [6, 6.07) is 1.77. The fourth-order valence-corrected chi connectivity index (χ4v) is 0.996. The van der Waals surface area contributed by atoms with Gasteiger partial charge in [-0.25, -0.2) is 4.98 Å². The van der Waals surface area contributed by atoms with E-state index >= 15 is 0 Å². The summed E-state index contributed by atoms with van der Waals surface area (Å²) in [7, 11) is 0. The van der Waals surface area contributed by atoms with Crippen molar-refractivity contribution in [1.29, 1.82) is 0 Å². The van der Waals surface area contributed by atoms with Crippen LogP contribution in [0.25, 0.3) is 0 Å². The SMILES string of the molecule is Cc1cc(OCC(C)C)nc(CO)n1. The molecule has 0 spiro atoms. The standard InChI is InChI=1S/C10H16N2O2/c1-7(2)6-14-10-4-8(3)11-9(5-13)12-10/h4,7,13H,5-6H2,1-3H3. The van der Waals surface area contributed by atoms with Crippen LogP contribution in [0.5, 0.6) is 5.88 Å². The Kier molecular flexibility index (Phi) is 3.83. The minimum absolute atomic E-state index is 0.153. The summed E-state index contributed by atoms with van der Waals surface area (Å²) in [5.74, 6) is 1.40. The molecule has 0 aliphatic heterocycles. The van der Waals surface area contributed by atoms with Crippen molar-refractivity contribution in [3.63, 3.8) is 0 Å². The Morgan fingerprint density at radius 2 is 2.14 bits per heavy atom. The molecule has 0 unspecified atom stereocenters. The molecule has 0 aliphatic rings. The Hall–Kier alpha value is -1.16. The number of aromatic nitrogens is 2. The highest BCUT2D eigenvalue weighted by molar-refractivity contribution is 5.14. The maximum absolute atomic E-state index is 8.88. The molecule has 1 aromatic heterocycles. The van der Waals surface area contributed by atoms with Gasteiger partial charge in [0.05, 0.1) is 6.61 Å². The molecule has 0 atom stereocenters. The lowest BCUT2D eigenvalue weighted by Gasteiger charge is -2.08. The highest BCUT2D eigenvalue weighted by Crippen LogP contribution is 2.10. The van der Waals surface area contributed by atoms with Gasteiger partial charge in [0, 0.05) is 11.8 Å². The topological polar surface area (TPSA) is 55.2 Å². The quantitative estimate of drug-likeness (QED) is 0.789. The molecule has 1 aromatic rings. The zero-order chi connectivity index (χ0) is 10.6. The number of rotatable bonds is 4. The summed E-state index contributed by atoms with van der Waals surface area (Å²) in [6.45, 7) is 6.46. The molecule has 0 aliphatic carbocycles. The first kappa shape index (κ1) is 10.9. The smallest absolute Gasteiger partial charge is 0.216 e. The van der Waals surface area contributed by atoms with Crippen LogP contribution in [0.2, 0.25) is 0 Å². The Bertz CT molecular complexity index is 300. The van der Waals surface area contributed by atoms with E-state index in [9.17, 15) is 0 Å². The molecule has 1 heterocycles. The summed E-state index contributed by atoms with van der Waals surface area (Å²) in [5, 5.41) is 8.88. The number of aryl methyl sites for hydroxylation is 1. The van der Waals surface area contributed by atoms with Crippen molar-refractivity contribution >= 4 is 0 Å². The molecule has 0 radical (unpaired) electrons. The number of aliphatic hydroxyl groups is 1. The van der Waals surface area contributed by atoms with Gasteiger partial charge < -0.3 is 9.84 Å². The van der Waals surface area contributed by atoms with Crippen LogP contribution >= 0.6 is 0 Å². The molecule has 14 heavy (non-hydrogen) atoms. The zero-order valence-corrected chi connectivity index (χ0v) is 8.82. The second-order valence-corrected chi connectivity index (χ2v) is 3.63. The molecule has 1 N–H and O–H groups in total. The van der Waals surface area contributed by atoms with Crippen molar-refractivity contribution in [3.05, 3.63) is 17.6 Å². The monoisotopic (exact) mass is 196 g/mol. The fraction of sp³-hybridized carbons (Fsp3) is 0.600. The Balaban J connectivity index is 2.71. The summed E-state index contributed by atoms with van der Waals surface area (Å²) >= 11 is 0. The number of ether oxygens (including phenoxy) is 1. The van der Waals surface area contributed by atoms with Gasteiger partial charge in [-0.05, 0) is 12.8 Å². The lowest BCUT2D eigenvalue weighted by molar-refractivity contribution is 0.247. The normalized spacial score (nSPS) is 10.6. The number of hydrogen-bond donors (Lipinski definition) is 1. The molecule has 0 saturated carbocycles. The average molecular weight is 196 g/mol. The predicted octanol–water partition coefficient (Wildman–Crippen LogP) is 1.31. The van der Waals surface area contributed by atoms with E-state index in [1.54, 1.807) is 6.07 Å². The van der Waals surface area contributed by atoms with Crippen LogP contribution in [0.15, 0.2) is 6.07 Å². The number of aliphatic hydroxyl groups excluding tert-OH is 1. The minimum Gasteiger partial charge on any atom is -0.477 e. The van der Waals surface area contributed by atoms with Crippen molar-refractivity contribution in [1.82, 2.24) is 9.97 Å². The average Bonchev–Trinajstić information content (AvgIpc) is 2.14. The molecule has 0 fully saturated rings. The Morgan fingerprint density at radius 3 is 2.71 bits per heavy atom. The van der Waals surface area contributed by atoms with Gasteiger partial charge in [-0.2, -0.15) is 4.98 Å². The van der Waals surface area contributed by atoms with E-state index in [1.165, 1.54) is 0 Å². The van der Waals surface area contributed by atoms with Crippen molar-refractivity contribution in [2.24, 2.45) is 5.92 Å². The van der Waals surface area contributed by atoms with Gasteiger partial charge in [0.25, 0.3) is 0 Å². The van der Waals surface area contributed by atoms with E-state index in [-0.39, 0.29) is 6.61 Å². The molecule has 1 rings (SSSR count). The van der Waals surface area contributed by atoms with E-state index in [0.29, 0.717) is 24.2 Å². The van der Waals surface area contributed by atoms with E-state index in [2.05, 4.69) is 23.8 Å². The van der Waals surface area contributed by atoms with Gasteiger partial charge >= 0.3 is 0 Å². The lowest BCUT2D eigenvalue weighted by Crippen LogP contribution is -2.07. The molecular formula is C10H16N2O2. The second-order valence-electron chi connectivity index (χ2n) is 3.63. The molecule has 78 valence electrons. The summed E-state index contributed by atoms with van der Waals surface area (Å²) < 4.78 is 5.43. The van der Waals surface area contributed by atoms with Crippen molar-refractivity contribution < 1.29 is 9.84 Å². The van der Waals surface area contributed by atoms with Crippen LogP contribution in [0, 0.1) is 12.8 Å². The van der Waals surface area contributed by atoms with E-state index in [1.807, 2.05) is 6.92 Å². The van der Waals surface area contributed by atoms with Crippen LogP contribution in [0.1, 0.15) is 25.4 Å². The van der Waals surface area contributed by atoms with Crippen LogP contribution in [-0.4, -0.2) is 21.7 Å². The van der Waals surface area contributed by atoms with Crippen LogP contribution in [0.3, 0.4) is 0 Å². The van der Waals surface area contributed by atoms with E-state index < -0.39 is 0 Å². The van der Waals surface area contributed by atoms with Crippen LogP contribution in [0.4, 0.5) is 0 Å². The summed E-state index contributed by atoms with van der Waals surface area (Å²) in [4.78, 5) is 8.08. The predicted molar refractivity (Wildman–Crippen MR) is 53.0 cm³/mol. The van der Waals surface area contributed by atoms with E-state index in [0.717, 1.165) is 5.69 Å². The Labute approximate surface area is 84.0 Å². The maximum atomic E-state index is 8.88. The second kappa shape index (κ2) is 4.91. The van der Waals surface area contributed by atoms with Crippen molar-refractivity contribution in [2.75, 3.05) is 6.61 Å². The Morgan fingerprint density at radius 1 is 1.43 bits per heavy atom. The van der Waals surface area contributed by atoms with Gasteiger partial charge in [-0.1, -0.05) is 13.8 Å². The lowest BCUT2D eigenvalue weighted by atomic mass is 10.2. The third kappa shape index (κ3) is 3.30. The van der Waals surface area contributed by atoms with Gasteiger partial charge in [-0.3, -0.25) is 0 Å². The largest absolute Gasteiger partial charge is 0.477 e. The fourth-order valence-electron chi connectivity index (χ4n) is 0.996. The maximum Gasteiger partial charge on any atom is 0.216 e. The molecule has 0 aromatic carbocycles. The molecule has 4 heteroatoms. The highest BCUT2D eigenvalue weighted by Gasteiger charge is 2.03. The minimum atomic E-state index is -0.153. The molecule has 0 amide bonds. The van der Waals surface area contributed by atoms with Crippen molar-refractivity contribution in [2.45, 2.75) is 27.4 Å². The van der Waals surface area contributed by atoms with Gasteiger partial charge in [0.15, 0.2) is 5.82 Å². The molecular weight excluding hydrogens is 180 g/mol. The van der Waals surface area contributed by atoms with Crippen molar-refractivity contribution in [3.8, 4) is 5.88 Å². The van der Waals surface area contributed by atoms with Gasteiger partial charge in [0.1, 0.15) is 6.61 Å². The number of hydrogen-bond acceptors (Lipinski definition) is 4. The molecule has 0 saturated heterocycles. The highest BCUT2D eigenvalue weighted by atomic mass is 16.5. The van der Waals surface area contributed by atoms with Crippen LogP contribution < -0.4 is 4.74 Å².